The van der Waals surface area contributed by atoms with Crippen molar-refractivity contribution in [3.63, 3.8) is 0 Å². The summed E-state index contributed by atoms with van der Waals surface area (Å²) in [6.07, 6.45) is 5.69. The number of nitrogens with one attached hydrogen (secondary N) is 3. The number of fused-ring (bicyclic) bond motifs is 1. The third kappa shape index (κ3) is 4.38. The highest BCUT2D eigenvalue weighted by Crippen LogP contribution is 2.29. The molecule has 35 heavy (non-hydrogen) atoms. The second kappa shape index (κ2) is 8.72. The first-order valence-electron chi connectivity index (χ1n) is 11.7. The molecule has 3 heterocycles. The van der Waals surface area contributed by atoms with Gasteiger partial charge in [0.1, 0.15) is 11.6 Å². The summed E-state index contributed by atoms with van der Waals surface area (Å²) in [5.74, 6) is 0.891. The smallest absolute Gasteiger partial charge is 0.254 e. The molecule has 2 fully saturated rings. The molecule has 1 aliphatic carbocycles. The maximum Gasteiger partial charge on any atom is 0.254 e. The monoisotopic (exact) mass is 464 g/mol. The Morgan fingerprint density at radius 2 is 1.86 bits per heavy atom. The minimum atomic E-state index is -0.363. The zero-order valence-electron chi connectivity index (χ0n) is 19.0. The molecule has 6 rings (SSSR count). The summed E-state index contributed by atoms with van der Waals surface area (Å²) >= 11 is 0. The Morgan fingerprint density at radius 1 is 1.06 bits per heavy atom. The average molecular weight is 465 g/mol. The molecule has 0 spiro atoms. The molecule has 8 nitrogen and oxygen atoms in total. The van der Waals surface area contributed by atoms with Gasteiger partial charge in [-0.1, -0.05) is 54.6 Å². The summed E-state index contributed by atoms with van der Waals surface area (Å²) in [7, 11) is 0. The molecule has 2 aromatic heterocycles. The van der Waals surface area contributed by atoms with E-state index in [9.17, 15) is 9.59 Å². The quantitative estimate of drug-likeness (QED) is 0.282. The number of nitrogens with zero attached hydrogens (tertiary/aromatic N) is 3. The summed E-state index contributed by atoms with van der Waals surface area (Å²) in [6, 6.07) is 21.0. The topological polar surface area (TPSA) is 100 Å². The number of anilines is 2. The summed E-state index contributed by atoms with van der Waals surface area (Å²) in [4.78, 5) is 28.5. The van der Waals surface area contributed by atoms with E-state index in [2.05, 4.69) is 45.3 Å². The number of hydrogen-bond acceptors (Lipinski definition) is 6. The molecular weight excluding hydrogens is 440 g/mol. The standard InChI is InChI=1S/C27H24N6O2/c34-25-13-19(27(35)32-25)12-20-16-29-33-24(30-21-10-11-21)14-23(31-26(20)33)28-15-18-8-4-5-9-22(18)17-6-2-1-3-7-17/h1-9,12,14,16,21,30H,10-11,13,15H2,(H,28,31)(H,32,34,35)/b19-12+. The second-order valence-corrected chi connectivity index (χ2v) is 8.88. The number of rotatable bonds is 7. The number of carbonyl (C=O) groups excluding carboxylic acids is 2. The number of imide groups is 1. The van der Waals surface area contributed by atoms with Gasteiger partial charge in [-0.25, -0.2) is 4.98 Å². The lowest BCUT2D eigenvalue weighted by atomic mass is 10.00. The van der Waals surface area contributed by atoms with Gasteiger partial charge in [-0.15, -0.1) is 0 Å². The Hall–Kier alpha value is -4.46. The van der Waals surface area contributed by atoms with Crippen molar-refractivity contribution in [2.45, 2.75) is 31.8 Å². The van der Waals surface area contributed by atoms with Gasteiger partial charge in [0, 0.05) is 29.8 Å². The van der Waals surface area contributed by atoms with Crippen molar-refractivity contribution in [3.05, 3.63) is 83.6 Å². The van der Waals surface area contributed by atoms with Crippen LogP contribution in [0.3, 0.4) is 0 Å². The first-order valence-corrected chi connectivity index (χ1v) is 11.7. The molecule has 0 atom stereocenters. The SMILES string of the molecule is O=C1C/C(=C\c2cnn3c(NC4CC4)cc(NCc4ccccc4-c4ccccc4)nc23)C(=O)N1. The molecule has 2 amide bonds. The van der Waals surface area contributed by atoms with E-state index < -0.39 is 0 Å². The Bertz CT molecular complexity index is 1470. The van der Waals surface area contributed by atoms with Crippen molar-refractivity contribution in [1.29, 1.82) is 0 Å². The van der Waals surface area contributed by atoms with Crippen LogP contribution in [0.2, 0.25) is 0 Å². The van der Waals surface area contributed by atoms with E-state index in [0.717, 1.165) is 24.2 Å². The lowest BCUT2D eigenvalue weighted by molar-refractivity contribution is -0.124. The number of carbonyl (C=O) groups is 2. The van der Waals surface area contributed by atoms with Gasteiger partial charge in [-0.2, -0.15) is 9.61 Å². The molecule has 2 aromatic carbocycles. The van der Waals surface area contributed by atoms with Crippen LogP contribution in [0.15, 0.2) is 72.4 Å². The van der Waals surface area contributed by atoms with Crippen LogP contribution < -0.4 is 16.0 Å². The number of aromatic nitrogens is 3. The fourth-order valence-electron chi connectivity index (χ4n) is 4.28. The molecule has 1 aliphatic heterocycles. The third-order valence-corrected chi connectivity index (χ3v) is 6.22. The van der Waals surface area contributed by atoms with Crippen molar-refractivity contribution >= 4 is 35.2 Å². The van der Waals surface area contributed by atoms with Crippen molar-refractivity contribution in [2.75, 3.05) is 10.6 Å². The molecule has 8 heteroatoms. The maximum atomic E-state index is 12.1. The largest absolute Gasteiger partial charge is 0.367 e. The van der Waals surface area contributed by atoms with Crippen molar-refractivity contribution in [1.82, 2.24) is 19.9 Å². The Labute approximate surface area is 202 Å². The lowest BCUT2D eigenvalue weighted by Gasteiger charge is -2.14. The number of benzene rings is 2. The van der Waals surface area contributed by atoms with Gasteiger partial charge in [-0.05, 0) is 35.6 Å². The molecule has 3 N–H and O–H groups in total. The van der Waals surface area contributed by atoms with E-state index in [1.165, 1.54) is 11.1 Å². The highest BCUT2D eigenvalue weighted by atomic mass is 16.2. The zero-order chi connectivity index (χ0) is 23.8. The van der Waals surface area contributed by atoms with Gasteiger partial charge in [0.2, 0.25) is 5.91 Å². The normalized spacial score (nSPS) is 16.6. The zero-order valence-corrected chi connectivity index (χ0v) is 19.0. The molecule has 0 unspecified atom stereocenters. The van der Waals surface area contributed by atoms with E-state index >= 15 is 0 Å². The van der Waals surface area contributed by atoms with Crippen LogP contribution >= 0.6 is 0 Å². The molecule has 1 saturated carbocycles. The molecular formula is C27H24N6O2. The van der Waals surface area contributed by atoms with E-state index in [1.54, 1.807) is 16.8 Å². The first-order chi connectivity index (χ1) is 17.1. The molecule has 0 bridgehead atoms. The minimum absolute atomic E-state index is 0.0670. The van der Waals surface area contributed by atoms with Crippen molar-refractivity contribution in [3.8, 4) is 11.1 Å². The molecule has 2 aliphatic rings. The van der Waals surface area contributed by atoms with E-state index in [4.69, 9.17) is 4.98 Å². The molecule has 4 aromatic rings. The fraction of sp³-hybridized carbons (Fsp3) is 0.185. The van der Waals surface area contributed by atoms with Crippen LogP contribution in [0.1, 0.15) is 30.4 Å². The lowest BCUT2D eigenvalue weighted by Crippen LogP contribution is -2.19. The van der Waals surface area contributed by atoms with E-state index in [1.807, 2.05) is 36.4 Å². The fourth-order valence-corrected chi connectivity index (χ4v) is 4.28. The van der Waals surface area contributed by atoms with Gasteiger partial charge in [0.05, 0.1) is 12.6 Å². The summed E-state index contributed by atoms with van der Waals surface area (Å²) in [6.45, 7) is 0.596. The third-order valence-electron chi connectivity index (χ3n) is 6.22. The predicted octanol–water partition coefficient (Wildman–Crippen LogP) is 4.01. The Kier molecular flexibility index (Phi) is 5.25. The summed E-state index contributed by atoms with van der Waals surface area (Å²) in [5.41, 5.74) is 5.22. The maximum absolute atomic E-state index is 12.1. The van der Waals surface area contributed by atoms with Crippen LogP contribution in [0, 0.1) is 0 Å². The molecule has 1 saturated heterocycles. The van der Waals surface area contributed by atoms with Gasteiger partial charge in [-0.3, -0.25) is 14.9 Å². The van der Waals surface area contributed by atoms with Crippen molar-refractivity contribution < 1.29 is 9.59 Å². The highest BCUT2D eigenvalue weighted by molar-refractivity contribution is 6.15. The second-order valence-electron chi connectivity index (χ2n) is 8.88. The summed E-state index contributed by atoms with van der Waals surface area (Å²) < 4.78 is 1.75. The van der Waals surface area contributed by atoms with Crippen molar-refractivity contribution in [2.24, 2.45) is 0 Å². The Morgan fingerprint density at radius 3 is 2.63 bits per heavy atom. The van der Waals surface area contributed by atoms with Gasteiger partial charge in [0.15, 0.2) is 5.65 Å². The van der Waals surface area contributed by atoms with Crippen LogP contribution in [0.25, 0.3) is 22.9 Å². The van der Waals surface area contributed by atoms with Crippen LogP contribution in [0.5, 0.6) is 0 Å². The first kappa shape index (κ1) is 21.1. The Balaban J connectivity index is 1.34. The predicted molar refractivity (Wildman–Crippen MR) is 135 cm³/mol. The average Bonchev–Trinajstić information content (AvgIpc) is 3.51. The van der Waals surface area contributed by atoms with Crippen LogP contribution in [-0.4, -0.2) is 32.5 Å². The van der Waals surface area contributed by atoms with Gasteiger partial charge >= 0.3 is 0 Å². The van der Waals surface area contributed by atoms with E-state index in [0.29, 0.717) is 35.2 Å². The van der Waals surface area contributed by atoms with E-state index in [-0.39, 0.29) is 18.2 Å². The molecule has 0 radical (unpaired) electrons. The van der Waals surface area contributed by atoms with Crippen LogP contribution in [-0.2, 0) is 16.1 Å². The summed E-state index contributed by atoms with van der Waals surface area (Å²) in [5, 5.41) is 13.8. The minimum Gasteiger partial charge on any atom is -0.367 e. The highest BCUT2D eigenvalue weighted by Gasteiger charge is 2.25. The van der Waals surface area contributed by atoms with Gasteiger partial charge < -0.3 is 10.6 Å². The number of hydrogen-bond donors (Lipinski definition) is 3. The van der Waals surface area contributed by atoms with Crippen LogP contribution in [0.4, 0.5) is 11.6 Å². The molecule has 174 valence electrons. The van der Waals surface area contributed by atoms with Gasteiger partial charge in [0.25, 0.3) is 5.91 Å². The number of amides is 2.